The Morgan fingerprint density at radius 3 is 2.54 bits per heavy atom. The fourth-order valence-electron chi connectivity index (χ4n) is 3.06. The molecule has 26 heavy (non-hydrogen) atoms. The summed E-state index contributed by atoms with van der Waals surface area (Å²) in [6.07, 6.45) is 1.47. The summed E-state index contributed by atoms with van der Waals surface area (Å²) < 4.78 is 33.7. The highest BCUT2D eigenvalue weighted by atomic mass is 19.1. The van der Waals surface area contributed by atoms with Crippen molar-refractivity contribution in [3.05, 3.63) is 65.9 Å². The molecule has 0 radical (unpaired) electrons. The van der Waals surface area contributed by atoms with Crippen LogP contribution in [0.15, 0.2) is 48.7 Å². The van der Waals surface area contributed by atoms with Gasteiger partial charge >= 0.3 is 0 Å². The van der Waals surface area contributed by atoms with Crippen LogP contribution in [0, 0.1) is 11.6 Å². The van der Waals surface area contributed by atoms with Crippen LogP contribution in [0.4, 0.5) is 14.5 Å². The van der Waals surface area contributed by atoms with Crippen LogP contribution in [0.1, 0.15) is 11.6 Å². The molecule has 0 aliphatic carbocycles. The number of ether oxygens (including phenoxy) is 1. The maximum Gasteiger partial charge on any atom is 0.149 e. The third-order valence-corrected chi connectivity index (χ3v) is 4.40. The van der Waals surface area contributed by atoms with Gasteiger partial charge in [0.1, 0.15) is 22.9 Å². The van der Waals surface area contributed by atoms with Gasteiger partial charge in [-0.2, -0.15) is 0 Å². The second kappa shape index (κ2) is 7.66. The third kappa shape index (κ3) is 3.46. The topological polar surface area (TPSA) is 37.4 Å². The van der Waals surface area contributed by atoms with Gasteiger partial charge < -0.3 is 15.0 Å². The number of anilines is 1. The molecule has 3 rings (SSSR count). The minimum Gasteiger partial charge on any atom is -0.496 e. The number of hydrogen-bond acceptors (Lipinski definition) is 4. The smallest absolute Gasteiger partial charge is 0.149 e. The lowest BCUT2D eigenvalue weighted by atomic mass is 10.0. The summed E-state index contributed by atoms with van der Waals surface area (Å²) in [7, 11) is 5.56. The van der Waals surface area contributed by atoms with Crippen molar-refractivity contribution in [3.63, 3.8) is 0 Å². The minimum atomic E-state index is -0.543. The summed E-state index contributed by atoms with van der Waals surface area (Å²) in [6.45, 7) is 0.489. The highest BCUT2D eigenvalue weighted by molar-refractivity contribution is 5.91. The van der Waals surface area contributed by atoms with Crippen LogP contribution in [-0.4, -0.2) is 37.6 Å². The molecule has 1 N–H and O–H groups in total. The predicted molar refractivity (Wildman–Crippen MR) is 99.6 cm³/mol. The molecule has 0 saturated carbocycles. The molecule has 0 spiro atoms. The van der Waals surface area contributed by atoms with Crippen LogP contribution < -0.4 is 10.1 Å². The van der Waals surface area contributed by atoms with Gasteiger partial charge in [-0.3, -0.25) is 4.98 Å². The van der Waals surface area contributed by atoms with E-state index in [-0.39, 0.29) is 16.9 Å². The molecule has 4 nitrogen and oxygen atoms in total. The van der Waals surface area contributed by atoms with E-state index in [2.05, 4.69) is 10.3 Å². The standard InChI is InChI=1S/C20H21F2N3O/c1-25(2)17(13-6-4-5-7-18(13)26-3)12-24-16-10-11-23-20-15(22)9-8-14(21)19(16)20/h4-11,17H,12H2,1-3H3,(H,23,24). The van der Waals surface area contributed by atoms with Gasteiger partial charge in [0.25, 0.3) is 0 Å². The van der Waals surface area contributed by atoms with E-state index in [1.54, 1.807) is 13.2 Å². The molecule has 0 fully saturated rings. The summed E-state index contributed by atoms with van der Waals surface area (Å²) in [5.74, 6) is -0.264. The number of rotatable bonds is 6. The molecule has 1 atom stereocenters. The lowest BCUT2D eigenvalue weighted by Gasteiger charge is -2.27. The van der Waals surface area contributed by atoms with Crippen LogP contribution in [0.25, 0.3) is 10.9 Å². The zero-order valence-corrected chi connectivity index (χ0v) is 15.0. The predicted octanol–water partition coefficient (Wildman–Crippen LogP) is 4.24. The normalized spacial score (nSPS) is 12.4. The number of aromatic nitrogens is 1. The van der Waals surface area contributed by atoms with Crippen LogP contribution in [0.2, 0.25) is 0 Å². The third-order valence-electron chi connectivity index (χ3n) is 4.40. The van der Waals surface area contributed by atoms with E-state index in [0.29, 0.717) is 12.2 Å². The number of fused-ring (bicyclic) bond motifs is 1. The van der Waals surface area contributed by atoms with Crippen molar-refractivity contribution in [2.45, 2.75) is 6.04 Å². The van der Waals surface area contributed by atoms with E-state index >= 15 is 0 Å². The van der Waals surface area contributed by atoms with E-state index in [1.807, 2.05) is 43.3 Å². The highest BCUT2D eigenvalue weighted by Gasteiger charge is 2.19. The van der Waals surface area contributed by atoms with Crippen molar-refractivity contribution in [2.24, 2.45) is 0 Å². The van der Waals surface area contributed by atoms with Crippen molar-refractivity contribution in [1.82, 2.24) is 9.88 Å². The molecular formula is C20H21F2N3O. The van der Waals surface area contributed by atoms with Gasteiger partial charge in [0, 0.05) is 24.0 Å². The number of pyridine rings is 1. The molecule has 3 aromatic rings. The second-order valence-corrected chi connectivity index (χ2v) is 6.21. The van der Waals surface area contributed by atoms with Crippen molar-refractivity contribution in [2.75, 3.05) is 33.1 Å². The Balaban J connectivity index is 1.94. The maximum atomic E-state index is 14.3. The highest BCUT2D eigenvalue weighted by Crippen LogP contribution is 2.30. The number of para-hydroxylation sites is 1. The van der Waals surface area contributed by atoms with Gasteiger partial charge in [0.05, 0.1) is 18.5 Å². The molecule has 136 valence electrons. The van der Waals surface area contributed by atoms with Gasteiger partial charge in [-0.25, -0.2) is 8.78 Å². The fraction of sp³-hybridized carbons (Fsp3) is 0.250. The lowest BCUT2D eigenvalue weighted by molar-refractivity contribution is 0.300. The van der Waals surface area contributed by atoms with Gasteiger partial charge in [0.15, 0.2) is 0 Å². The number of nitrogens with zero attached hydrogens (tertiary/aromatic N) is 2. The van der Waals surface area contributed by atoms with E-state index < -0.39 is 11.6 Å². The first kappa shape index (κ1) is 18.1. The number of methoxy groups -OCH3 is 1. The van der Waals surface area contributed by atoms with Crippen molar-refractivity contribution in [3.8, 4) is 5.75 Å². The maximum absolute atomic E-state index is 14.3. The SMILES string of the molecule is COc1ccccc1C(CNc1ccnc2c(F)ccc(F)c12)N(C)C. The van der Waals surface area contributed by atoms with Crippen molar-refractivity contribution < 1.29 is 13.5 Å². The second-order valence-electron chi connectivity index (χ2n) is 6.21. The Kier molecular flexibility index (Phi) is 5.32. The summed E-state index contributed by atoms with van der Waals surface area (Å²) >= 11 is 0. The molecule has 6 heteroatoms. The molecular weight excluding hydrogens is 336 g/mol. The molecule has 1 aromatic heterocycles. The summed E-state index contributed by atoms with van der Waals surface area (Å²) in [6, 6.07) is 11.6. The monoisotopic (exact) mass is 357 g/mol. The number of benzene rings is 2. The number of halogens is 2. The number of likely N-dealkylation sites (N-methyl/N-ethyl adjacent to an activating group) is 1. The van der Waals surface area contributed by atoms with Gasteiger partial charge in [-0.1, -0.05) is 18.2 Å². The lowest BCUT2D eigenvalue weighted by Crippen LogP contribution is -2.27. The summed E-state index contributed by atoms with van der Waals surface area (Å²) in [4.78, 5) is 6.01. The van der Waals surface area contributed by atoms with Crippen LogP contribution in [-0.2, 0) is 0 Å². The molecule has 1 heterocycles. The average Bonchev–Trinajstić information content (AvgIpc) is 2.65. The summed E-state index contributed by atoms with van der Waals surface area (Å²) in [5, 5.41) is 3.40. The molecule has 2 aromatic carbocycles. The Labute approximate surface area is 151 Å². The van der Waals surface area contributed by atoms with E-state index in [4.69, 9.17) is 4.74 Å². The van der Waals surface area contributed by atoms with Crippen molar-refractivity contribution >= 4 is 16.6 Å². The van der Waals surface area contributed by atoms with E-state index in [9.17, 15) is 8.78 Å². The first-order chi connectivity index (χ1) is 12.5. The Morgan fingerprint density at radius 2 is 1.81 bits per heavy atom. The molecule has 0 amide bonds. The molecule has 1 unspecified atom stereocenters. The van der Waals surface area contributed by atoms with Gasteiger partial charge in [-0.15, -0.1) is 0 Å². The molecule has 0 aliphatic heterocycles. The molecule has 0 aliphatic rings. The zero-order valence-electron chi connectivity index (χ0n) is 15.0. The molecule has 0 saturated heterocycles. The number of nitrogens with one attached hydrogen (secondary N) is 1. The first-order valence-electron chi connectivity index (χ1n) is 8.29. The number of hydrogen-bond donors (Lipinski definition) is 1. The van der Waals surface area contributed by atoms with Gasteiger partial charge in [0.2, 0.25) is 0 Å². The molecule has 0 bridgehead atoms. The first-order valence-corrected chi connectivity index (χ1v) is 8.29. The Morgan fingerprint density at radius 1 is 1.08 bits per heavy atom. The van der Waals surface area contributed by atoms with Crippen LogP contribution in [0.3, 0.4) is 0 Å². The zero-order chi connectivity index (χ0) is 18.7. The fourth-order valence-corrected chi connectivity index (χ4v) is 3.06. The average molecular weight is 357 g/mol. The van der Waals surface area contributed by atoms with Crippen LogP contribution in [0.5, 0.6) is 5.75 Å². The Hall–Kier alpha value is -2.73. The van der Waals surface area contributed by atoms with Crippen LogP contribution >= 0.6 is 0 Å². The largest absolute Gasteiger partial charge is 0.496 e. The van der Waals surface area contributed by atoms with Gasteiger partial charge in [-0.05, 0) is 38.4 Å². The quantitative estimate of drug-likeness (QED) is 0.716. The minimum absolute atomic E-state index is 0.0219. The Bertz CT molecular complexity index is 915. The summed E-state index contributed by atoms with van der Waals surface area (Å²) in [5.41, 5.74) is 1.54. The van der Waals surface area contributed by atoms with E-state index in [0.717, 1.165) is 23.4 Å². The van der Waals surface area contributed by atoms with Crippen molar-refractivity contribution in [1.29, 1.82) is 0 Å². The van der Waals surface area contributed by atoms with E-state index in [1.165, 1.54) is 6.20 Å².